The van der Waals surface area contributed by atoms with Crippen LogP contribution in [0.1, 0.15) is 16.1 Å². The molecule has 2 aromatic heterocycles. The summed E-state index contributed by atoms with van der Waals surface area (Å²) in [5, 5.41) is 22.3. The number of carbonyl (C=O) groups excluding carboxylic acids is 1. The molecule has 2 N–H and O–H groups in total. The van der Waals surface area contributed by atoms with Crippen molar-refractivity contribution < 1.29 is 14.1 Å². The number of halogens is 3. The molecule has 0 radical (unpaired) electrons. The molecule has 3 rings (SSSR count). The van der Waals surface area contributed by atoms with Gasteiger partial charge in [0.15, 0.2) is 10.7 Å². The highest BCUT2D eigenvalue weighted by molar-refractivity contribution is 6.35. The number of nitrogens with one attached hydrogen (secondary N) is 2. The second-order valence-corrected chi connectivity index (χ2v) is 5.70. The van der Waals surface area contributed by atoms with E-state index >= 15 is 0 Å². The van der Waals surface area contributed by atoms with E-state index in [1.807, 2.05) is 5.10 Å². The third-order valence-corrected chi connectivity index (χ3v) is 3.94. The minimum atomic E-state index is -0.846. The van der Waals surface area contributed by atoms with Gasteiger partial charge in [0.1, 0.15) is 12.1 Å². The Kier molecular flexibility index (Phi) is 4.82. The zero-order valence-electron chi connectivity index (χ0n) is 12.6. The van der Waals surface area contributed by atoms with E-state index in [1.54, 1.807) is 0 Å². The molecule has 0 aliphatic carbocycles. The predicted octanol–water partition coefficient (Wildman–Crippen LogP) is 2.66. The average molecular weight is 400 g/mol. The number of nitro groups is 1. The van der Waals surface area contributed by atoms with Crippen LogP contribution in [0.15, 0.2) is 24.5 Å². The number of hydrogen-bond acceptors (Lipinski definition) is 6. The standard InChI is InChI=1S/C13H8Cl2FN7O3/c14-7-2-1-3-8(16)6(7)4-22-5-17-13(21-22)18-12(24)10-9(15)11(20-19-10)23(25)26/h1-3,5H,4H2,(H,19,20)(H,18,21,24). The predicted molar refractivity (Wildman–Crippen MR) is 88.7 cm³/mol. The number of benzene rings is 1. The molecule has 0 unspecified atom stereocenters. The van der Waals surface area contributed by atoms with Crippen molar-refractivity contribution in [2.24, 2.45) is 0 Å². The van der Waals surface area contributed by atoms with Crippen molar-refractivity contribution in [3.63, 3.8) is 0 Å². The van der Waals surface area contributed by atoms with Crippen molar-refractivity contribution in [1.29, 1.82) is 0 Å². The maximum atomic E-state index is 13.8. The van der Waals surface area contributed by atoms with Gasteiger partial charge in [0.25, 0.3) is 5.91 Å². The lowest BCUT2D eigenvalue weighted by Crippen LogP contribution is -2.14. The SMILES string of the molecule is O=C(Nc1ncn(Cc2c(F)cccc2Cl)n1)c1n[nH]c([N+](=O)[O-])c1Cl. The molecule has 10 nitrogen and oxygen atoms in total. The van der Waals surface area contributed by atoms with E-state index in [4.69, 9.17) is 23.2 Å². The summed E-state index contributed by atoms with van der Waals surface area (Å²) in [6.07, 6.45) is 1.26. The number of H-pyrrole nitrogens is 1. The number of nitrogens with zero attached hydrogens (tertiary/aromatic N) is 5. The van der Waals surface area contributed by atoms with Crippen molar-refractivity contribution in [1.82, 2.24) is 25.0 Å². The molecular weight excluding hydrogens is 392 g/mol. The van der Waals surface area contributed by atoms with Crippen LogP contribution in [-0.2, 0) is 6.54 Å². The summed E-state index contributed by atoms with van der Waals surface area (Å²) in [6.45, 7) is -0.0109. The lowest BCUT2D eigenvalue weighted by Gasteiger charge is -2.05. The van der Waals surface area contributed by atoms with Crippen molar-refractivity contribution in [3.8, 4) is 0 Å². The fourth-order valence-electron chi connectivity index (χ4n) is 2.02. The first kappa shape index (κ1) is 17.8. The molecule has 0 fully saturated rings. The second kappa shape index (κ2) is 7.06. The number of amides is 1. The summed E-state index contributed by atoms with van der Waals surface area (Å²) in [4.78, 5) is 25.8. The van der Waals surface area contributed by atoms with Crippen LogP contribution in [0.3, 0.4) is 0 Å². The van der Waals surface area contributed by atoms with Gasteiger partial charge in [0.2, 0.25) is 5.95 Å². The minimum Gasteiger partial charge on any atom is -0.358 e. The van der Waals surface area contributed by atoms with E-state index in [9.17, 15) is 19.3 Å². The maximum absolute atomic E-state index is 13.8. The summed E-state index contributed by atoms with van der Waals surface area (Å²) < 4.78 is 15.0. The average Bonchev–Trinajstić information content (AvgIpc) is 3.17. The number of hydrogen-bond donors (Lipinski definition) is 2. The van der Waals surface area contributed by atoms with Crippen LogP contribution in [0.2, 0.25) is 10.0 Å². The van der Waals surface area contributed by atoms with Crippen LogP contribution in [-0.4, -0.2) is 35.8 Å². The molecule has 0 spiro atoms. The third kappa shape index (κ3) is 3.48. The highest BCUT2D eigenvalue weighted by Gasteiger charge is 2.25. The lowest BCUT2D eigenvalue weighted by molar-refractivity contribution is -0.389. The first-order valence-electron chi connectivity index (χ1n) is 6.88. The van der Waals surface area contributed by atoms with E-state index in [2.05, 4.69) is 20.5 Å². The normalized spacial score (nSPS) is 10.7. The van der Waals surface area contributed by atoms with Gasteiger partial charge in [0, 0.05) is 10.6 Å². The fourth-order valence-corrected chi connectivity index (χ4v) is 2.49. The molecule has 0 atom stereocenters. The molecule has 134 valence electrons. The Morgan fingerprint density at radius 2 is 2.19 bits per heavy atom. The monoisotopic (exact) mass is 399 g/mol. The lowest BCUT2D eigenvalue weighted by atomic mass is 10.2. The highest BCUT2D eigenvalue weighted by Crippen LogP contribution is 2.25. The Bertz CT molecular complexity index is 983. The molecule has 13 heteroatoms. The van der Waals surface area contributed by atoms with Gasteiger partial charge < -0.3 is 10.1 Å². The largest absolute Gasteiger partial charge is 0.362 e. The number of rotatable bonds is 5. The van der Waals surface area contributed by atoms with Gasteiger partial charge in [-0.05, 0) is 17.1 Å². The zero-order valence-corrected chi connectivity index (χ0v) is 14.1. The Morgan fingerprint density at radius 3 is 2.85 bits per heavy atom. The third-order valence-electron chi connectivity index (χ3n) is 3.23. The summed E-state index contributed by atoms with van der Waals surface area (Å²) >= 11 is 11.7. The molecule has 0 aliphatic heterocycles. The van der Waals surface area contributed by atoms with Gasteiger partial charge in [-0.2, -0.15) is 0 Å². The molecule has 0 aliphatic rings. The van der Waals surface area contributed by atoms with E-state index in [-0.39, 0.29) is 28.8 Å². The second-order valence-electron chi connectivity index (χ2n) is 4.91. The van der Waals surface area contributed by atoms with Gasteiger partial charge in [0.05, 0.1) is 6.54 Å². The Morgan fingerprint density at radius 1 is 1.42 bits per heavy atom. The zero-order chi connectivity index (χ0) is 18.8. The molecule has 0 bridgehead atoms. The van der Waals surface area contributed by atoms with E-state index < -0.39 is 27.5 Å². The molecule has 1 amide bonds. The van der Waals surface area contributed by atoms with Crippen molar-refractivity contribution in [3.05, 3.63) is 61.8 Å². The maximum Gasteiger partial charge on any atom is 0.362 e. The van der Waals surface area contributed by atoms with Gasteiger partial charge in [-0.15, -0.1) is 10.2 Å². The molecule has 0 saturated heterocycles. The first-order valence-corrected chi connectivity index (χ1v) is 7.64. The summed E-state index contributed by atoms with van der Waals surface area (Å²) in [6, 6.07) is 4.26. The quantitative estimate of drug-likeness (QED) is 0.500. The molecule has 26 heavy (non-hydrogen) atoms. The molecule has 3 aromatic rings. The fraction of sp³-hybridized carbons (Fsp3) is 0.0769. The minimum absolute atomic E-state index is 0.0109. The molecule has 0 saturated carbocycles. The van der Waals surface area contributed by atoms with Crippen LogP contribution in [0.4, 0.5) is 16.2 Å². The van der Waals surface area contributed by atoms with Crippen LogP contribution >= 0.6 is 23.2 Å². The van der Waals surface area contributed by atoms with Crippen LogP contribution in [0.25, 0.3) is 0 Å². The number of anilines is 1. The van der Waals surface area contributed by atoms with Crippen LogP contribution in [0.5, 0.6) is 0 Å². The van der Waals surface area contributed by atoms with Crippen molar-refractivity contribution >= 4 is 40.9 Å². The van der Waals surface area contributed by atoms with Crippen molar-refractivity contribution in [2.45, 2.75) is 6.54 Å². The number of carbonyl (C=O) groups is 1. The topological polar surface area (TPSA) is 132 Å². The van der Waals surface area contributed by atoms with Gasteiger partial charge in [-0.25, -0.2) is 14.1 Å². The Labute approximate surface area is 154 Å². The summed E-state index contributed by atoms with van der Waals surface area (Å²) in [5.74, 6) is -2.08. The smallest absolute Gasteiger partial charge is 0.358 e. The van der Waals surface area contributed by atoms with E-state index in [0.717, 1.165) is 0 Å². The van der Waals surface area contributed by atoms with Gasteiger partial charge in [-0.3, -0.25) is 10.1 Å². The summed E-state index contributed by atoms with van der Waals surface area (Å²) in [7, 11) is 0. The highest BCUT2D eigenvalue weighted by atomic mass is 35.5. The van der Waals surface area contributed by atoms with E-state index in [0.29, 0.717) is 0 Å². The van der Waals surface area contributed by atoms with Crippen LogP contribution in [0, 0.1) is 15.9 Å². The van der Waals surface area contributed by atoms with Crippen molar-refractivity contribution in [2.75, 3.05) is 5.32 Å². The molecule has 1 aromatic carbocycles. The van der Waals surface area contributed by atoms with E-state index in [1.165, 1.54) is 29.2 Å². The van der Waals surface area contributed by atoms with Crippen LogP contribution < -0.4 is 5.32 Å². The number of aromatic nitrogens is 5. The molecular formula is C13H8Cl2FN7O3. The number of aromatic amines is 1. The Balaban J connectivity index is 1.74. The summed E-state index contributed by atoms with van der Waals surface area (Å²) in [5.41, 5.74) is -0.172. The first-order chi connectivity index (χ1) is 12.4. The molecule has 2 heterocycles. The Hall–Kier alpha value is -3.05. The van der Waals surface area contributed by atoms with Gasteiger partial charge in [-0.1, -0.05) is 34.4 Å². The van der Waals surface area contributed by atoms with Gasteiger partial charge >= 0.3 is 5.82 Å².